The van der Waals surface area contributed by atoms with Gasteiger partial charge in [-0.3, -0.25) is 32.5 Å². The number of anilines is 1. The second-order valence-corrected chi connectivity index (χ2v) is 9.16. The van der Waals surface area contributed by atoms with Crippen LogP contribution in [-0.4, -0.2) is 39.8 Å². The highest BCUT2D eigenvalue weighted by Gasteiger charge is 2.23. The summed E-state index contributed by atoms with van der Waals surface area (Å²) in [5.74, 6) is -0.398. The van der Waals surface area contributed by atoms with Crippen LogP contribution in [0.2, 0.25) is 0 Å². The van der Waals surface area contributed by atoms with Gasteiger partial charge in [-0.1, -0.05) is 44.2 Å². The van der Waals surface area contributed by atoms with E-state index in [1.807, 2.05) is 19.9 Å². The lowest BCUT2D eigenvalue weighted by atomic mass is 10.2. The molecule has 11 nitrogen and oxygen atoms in total. The summed E-state index contributed by atoms with van der Waals surface area (Å²) < 4.78 is 5.49. The van der Waals surface area contributed by atoms with Gasteiger partial charge < -0.3 is 5.73 Å². The molecule has 2 N–H and O–H groups in total. The van der Waals surface area contributed by atoms with Gasteiger partial charge in [0, 0.05) is 20.1 Å². The minimum absolute atomic E-state index is 0.129. The normalized spacial score (nSPS) is 11.5. The highest BCUT2D eigenvalue weighted by Crippen LogP contribution is 2.23. The third kappa shape index (κ3) is 4.18. The predicted octanol–water partition coefficient (Wildman–Crippen LogP) is 1.67. The Morgan fingerprint density at radius 1 is 1.00 bits per heavy atom. The van der Waals surface area contributed by atoms with Crippen molar-refractivity contribution in [1.29, 1.82) is 0 Å². The van der Waals surface area contributed by atoms with Crippen molar-refractivity contribution >= 4 is 40.0 Å². The fourth-order valence-electron chi connectivity index (χ4n) is 4.03. The minimum Gasteiger partial charge on any atom is -0.384 e. The molecule has 12 heteroatoms. The van der Waals surface area contributed by atoms with Gasteiger partial charge in [-0.15, -0.1) is 10.2 Å². The van der Waals surface area contributed by atoms with Gasteiger partial charge in [0.15, 0.2) is 10.9 Å². The Balaban J connectivity index is 1.77. The predicted molar refractivity (Wildman–Crippen MR) is 135 cm³/mol. The quantitative estimate of drug-likeness (QED) is 0.272. The monoisotopic (exact) mass is 497 g/mol. The van der Waals surface area contributed by atoms with E-state index in [-0.39, 0.29) is 22.7 Å². The molecule has 0 spiro atoms. The number of carbonyl (C=O) groups excluding carboxylic acids is 1. The maximum atomic E-state index is 13.1. The Morgan fingerprint density at radius 3 is 2.46 bits per heavy atom. The van der Waals surface area contributed by atoms with Crippen LogP contribution in [0.5, 0.6) is 0 Å². The zero-order valence-corrected chi connectivity index (χ0v) is 20.7. The number of nitrogen functional groups attached to an aromatic ring is 1. The Bertz CT molecular complexity index is 1610. The summed E-state index contributed by atoms with van der Waals surface area (Å²) in [6, 6.07) is 7.17. The van der Waals surface area contributed by atoms with Crippen LogP contribution in [0.1, 0.15) is 43.5 Å². The Kier molecular flexibility index (Phi) is 6.92. The van der Waals surface area contributed by atoms with Crippen molar-refractivity contribution in [2.24, 2.45) is 7.05 Å². The molecule has 0 aliphatic heterocycles. The molecule has 0 amide bonds. The molecule has 4 rings (SSSR count). The fourth-order valence-corrected chi connectivity index (χ4v) is 4.84. The first-order valence-corrected chi connectivity index (χ1v) is 12.4. The molecule has 35 heavy (non-hydrogen) atoms. The molecule has 0 saturated heterocycles. The highest BCUT2D eigenvalue weighted by molar-refractivity contribution is 7.99. The first kappa shape index (κ1) is 24.5. The molecule has 0 bridgehead atoms. The van der Waals surface area contributed by atoms with Crippen molar-refractivity contribution in [3.8, 4) is 0 Å². The lowest BCUT2D eigenvalue weighted by Crippen LogP contribution is -2.42. The van der Waals surface area contributed by atoms with Crippen LogP contribution < -0.4 is 22.5 Å². The number of benzene rings is 1. The second kappa shape index (κ2) is 9.90. The third-order valence-corrected chi connectivity index (χ3v) is 6.78. The van der Waals surface area contributed by atoms with Crippen LogP contribution in [0.25, 0.3) is 16.7 Å². The van der Waals surface area contributed by atoms with E-state index in [9.17, 15) is 19.2 Å². The van der Waals surface area contributed by atoms with E-state index in [4.69, 9.17) is 5.73 Å². The van der Waals surface area contributed by atoms with Crippen molar-refractivity contribution in [1.82, 2.24) is 28.3 Å². The molecular weight excluding hydrogens is 470 g/mol. The number of ketones is 1. The molecule has 184 valence electrons. The Morgan fingerprint density at radius 2 is 1.74 bits per heavy atom. The van der Waals surface area contributed by atoms with Gasteiger partial charge in [0.25, 0.3) is 11.1 Å². The zero-order valence-electron chi connectivity index (χ0n) is 19.9. The first-order chi connectivity index (χ1) is 16.8. The number of thioether (sulfide) groups is 1. The average Bonchev–Trinajstić information content (AvgIpc) is 3.28. The molecule has 0 aliphatic carbocycles. The summed E-state index contributed by atoms with van der Waals surface area (Å²) >= 11 is 1.09. The summed E-state index contributed by atoms with van der Waals surface area (Å²) in [5, 5.41) is 9.41. The molecule has 0 radical (unpaired) electrons. The van der Waals surface area contributed by atoms with E-state index in [2.05, 4.69) is 10.2 Å². The van der Waals surface area contributed by atoms with E-state index in [1.54, 1.807) is 27.2 Å². The number of nitrogens with two attached hydrogens (primary N) is 1. The Hall–Kier alpha value is -3.67. The van der Waals surface area contributed by atoms with Crippen LogP contribution in [0.15, 0.2) is 43.8 Å². The first-order valence-electron chi connectivity index (χ1n) is 11.4. The number of rotatable bonds is 9. The average molecular weight is 498 g/mol. The molecule has 0 saturated carbocycles. The van der Waals surface area contributed by atoms with Gasteiger partial charge in [0.05, 0.1) is 16.7 Å². The standard InChI is InChI=1S/C23H27N7O4S/c1-4-6-12-29-19(32)14-9-7-8-10-15(14)30-21(29)25-26-22(30)35-13-16(31)17-18(24)28(11-5-2)23(34)27(3)20(17)33/h7-10H,4-6,11-13,24H2,1-3H3. The number of nitrogens with zero attached hydrogens (tertiary/aromatic N) is 6. The number of fused-ring (bicyclic) bond motifs is 3. The summed E-state index contributed by atoms with van der Waals surface area (Å²) in [5.41, 5.74) is 5.08. The number of Topliss-reactive ketones (excluding diaryl/α,β-unsaturated/α-hetero) is 1. The number of carbonyl (C=O) groups is 1. The maximum absolute atomic E-state index is 13.1. The molecule has 0 aliphatic rings. The van der Waals surface area contributed by atoms with Crippen LogP contribution in [0.3, 0.4) is 0 Å². The van der Waals surface area contributed by atoms with Crippen molar-refractivity contribution in [2.45, 2.75) is 51.4 Å². The molecular formula is C23H27N7O4S. The summed E-state index contributed by atoms with van der Waals surface area (Å²) in [7, 11) is 1.33. The largest absolute Gasteiger partial charge is 0.384 e. The van der Waals surface area contributed by atoms with Crippen molar-refractivity contribution in [3.63, 3.8) is 0 Å². The minimum atomic E-state index is -0.726. The van der Waals surface area contributed by atoms with Crippen LogP contribution in [-0.2, 0) is 20.1 Å². The number of aryl methyl sites for hydroxylation is 1. The molecule has 4 aromatic rings. The van der Waals surface area contributed by atoms with Crippen molar-refractivity contribution < 1.29 is 4.79 Å². The number of para-hydroxylation sites is 1. The van der Waals surface area contributed by atoms with Crippen molar-refractivity contribution in [3.05, 3.63) is 61.0 Å². The molecule has 1 aromatic carbocycles. The SMILES string of the molecule is CCCCn1c(=O)c2ccccc2n2c(SCC(=O)c3c(N)n(CCC)c(=O)n(C)c3=O)nnc12. The van der Waals surface area contributed by atoms with Crippen LogP contribution >= 0.6 is 11.8 Å². The molecule has 3 aromatic heterocycles. The molecule has 3 heterocycles. The lowest BCUT2D eigenvalue weighted by Gasteiger charge is -2.13. The zero-order chi connectivity index (χ0) is 25.3. The van der Waals surface area contributed by atoms with E-state index >= 15 is 0 Å². The number of unbranched alkanes of at least 4 members (excludes halogenated alkanes) is 1. The highest BCUT2D eigenvalue weighted by atomic mass is 32.2. The van der Waals surface area contributed by atoms with E-state index in [1.165, 1.54) is 11.6 Å². The lowest BCUT2D eigenvalue weighted by molar-refractivity contribution is 0.102. The summed E-state index contributed by atoms with van der Waals surface area (Å²) in [6.07, 6.45) is 2.33. The number of aromatic nitrogens is 6. The Labute approximate surface area is 204 Å². The third-order valence-electron chi connectivity index (χ3n) is 5.86. The number of hydrogen-bond donors (Lipinski definition) is 1. The molecule has 0 unspecified atom stereocenters. The van der Waals surface area contributed by atoms with Gasteiger partial charge in [-0.25, -0.2) is 4.79 Å². The smallest absolute Gasteiger partial charge is 0.332 e. The maximum Gasteiger partial charge on any atom is 0.332 e. The second-order valence-electron chi connectivity index (χ2n) is 8.22. The topological polar surface area (TPSA) is 139 Å². The summed E-state index contributed by atoms with van der Waals surface area (Å²) in [6.45, 7) is 4.70. The molecule has 0 fully saturated rings. The van der Waals surface area contributed by atoms with Gasteiger partial charge in [0.2, 0.25) is 5.78 Å². The van der Waals surface area contributed by atoms with Gasteiger partial charge in [-0.05, 0) is 25.0 Å². The van der Waals surface area contributed by atoms with Gasteiger partial charge >= 0.3 is 5.69 Å². The summed E-state index contributed by atoms with van der Waals surface area (Å²) in [4.78, 5) is 51.3. The van der Waals surface area contributed by atoms with E-state index < -0.39 is 17.0 Å². The van der Waals surface area contributed by atoms with Gasteiger partial charge in [-0.2, -0.15) is 0 Å². The van der Waals surface area contributed by atoms with Crippen molar-refractivity contribution in [2.75, 3.05) is 11.5 Å². The van der Waals surface area contributed by atoms with Crippen LogP contribution in [0.4, 0.5) is 5.82 Å². The van der Waals surface area contributed by atoms with Gasteiger partial charge in [0.1, 0.15) is 11.4 Å². The fraction of sp³-hybridized carbons (Fsp3) is 0.391. The number of hydrogen-bond acceptors (Lipinski definition) is 8. The van der Waals surface area contributed by atoms with Crippen LogP contribution in [0, 0.1) is 0 Å². The molecule has 0 atom stereocenters. The van der Waals surface area contributed by atoms with E-state index in [0.29, 0.717) is 41.3 Å². The van der Waals surface area contributed by atoms with E-state index in [0.717, 1.165) is 29.2 Å².